The lowest BCUT2D eigenvalue weighted by Crippen LogP contribution is -2.37. The molecule has 142 valence electrons. The molecule has 1 atom stereocenters. The van der Waals surface area contributed by atoms with Crippen molar-refractivity contribution in [2.24, 2.45) is 11.3 Å². The monoisotopic (exact) mass is 368 g/mol. The number of carbonyl (C=O) groups is 1. The quantitative estimate of drug-likeness (QED) is 0.807. The minimum atomic E-state index is -0.0208. The fourth-order valence-electron chi connectivity index (χ4n) is 4.52. The number of hydrogen-bond donors (Lipinski definition) is 2. The van der Waals surface area contributed by atoms with Crippen LogP contribution in [0.1, 0.15) is 75.3 Å². The van der Waals surface area contributed by atoms with Gasteiger partial charge in [0.25, 0.3) is 5.91 Å². The smallest absolute Gasteiger partial charge is 0.271 e. The van der Waals surface area contributed by atoms with E-state index in [1.807, 2.05) is 16.9 Å². The Hall–Kier alpha value is -1.07. The molecule has 1 saturated heterocycles. The van der Waals surface area contributed by atoms with Gasteiger partial charge in [-0.3, -0.25) is 9.48 Å². The maximum atomic E-state index is 12.5. The third kappa shape index (κ3) is 5.20. The lowest BCUT2D eigenvalue weighted by atomic mass is 9.78. The second-order valence-corrected chi connectivity index (χ2v) is 8.17. The minimum absolute atomic E-state index is 0. The summed E-state index contributed by atoms with van der Waals surface area (Å²) in [4.78, 5) is 12.5. The molecule has 0 radical (unpaired) electrons. The van der Waals surface area contributed by atoms with Crippen LogP contribution in [0.3, 0.4) is 0 Å². The van der Waals surface area contributed by atoms with Crippen LogP contribution in [0.4, 0.5) is 0 Å². The van der Waals surface area contributed by atoms with Gasteiger partial charge in [0.05, 0.1) is 6.04 Å². The zero-order chi connectivity index (χ0) is 17.0. The highest BCUT2D eigenvalue weighted by atomic mass is 35.5. The van der Waals surface area contributed by atoms with E-state index in [-0.39, 0.29) is 18.3 Å². The average molecular weight is 369 g/mol. The molecule has 0 aromatic carbocycles. The highest BCUT2D eigenvalue weighted by molar-refractivity contribution is 5.92. The van der Waals surface area contributed by atoms with E-state index >= 15 is 0 Å². The van der Waals surface area contributed by atoms with E-state index in [9.17, 15) is 4.79 Å². The molecule has 5 nitrogen and oxygen atoms in total. The molecule has 1 amide bonds. The van der Waals surface area contributed by atoms with Gasteiger partial charge in [-0.15, -0.1) is 12.4 Å². The van der Waals surface area contributed by atoms with Crippen molar-refractivity contribution in [3.63, 3.8) is 0 Å². The number of amides is 1. The molecule has 1 aliphatic carbocycles. The van der Waals surface area contributed by atoms with Crippen LogP contribution in [0.5, 0.6) is 0 Å². The molecule has 2 fully saturated rings. The third-order valence-corrected chi connectivity index (χ3v) is 5.62. The Morgan fingerprint density at radius 2 is 2.16 bits per heavy atom. The number of carbonyl (C=O) groups excluding carboxylic acids is 1. The molecule has 0 spiro atoms. The zero-order valence-electron chi connectivity index (χ0n) is 15.6. The second-order valence-electron chi connectivity index (χ2n) is 8.17. The van der Waals surface area contributed by atoms with Crippen molar-refractivity contribution in [3.05, 3.63) is 18.0 Å². The number of nitrogens with one attached hydrogen (secondary N) is 2. The van der Waals surface area contributed by atoms with E-state index in [0.717, 1.165) is 26.1 Å². The summed E-state index contributed by atoms with van der Waals surface area (Å²) in [6, 6.07) is 2.23. The number of halogens is 1. The van der Waals surface area contributed by atoms with Gasteiger partial charge in [0.2, 0.25) is 0 Å². The highest BCUT2D eigenvalue weighted by Gasteiger charge is 2.34. The van der Waals surface area contributed by atoms with E-state index < -0.39 is 0 Å². The van der Waals surface area contributed by atoms with Gasteiger partial charge < -0.3 is 10.6 Å². The van der Waals surface area contributed by atoms with Crippen molar-refractivity contribution >= 4 is 18.3 Å². The van der Waals surface area contributed by atoms with Gasteiger partial charge in [-0.2, -0.15) is 5.10 Å². The van der Waals surface area contributed by atoms with Gasteiger partial charge in [-0.1, -0.05) is 26.7 Å². The molecule has 1 aliphatic heterocycles. The van der Waals surface area contributed by atoms with Crippen LogP contribution in [0.2, 0.25) is 0 Å². The molecular formula is C19H33ClN4O. The van der Waals surface area contributed by atoms with E-state index in [2.05, 4.69) is 29.6 Å². The Morgan fingerprint density at radius 3 is 2.80 bits per heavy atom. The van der Waals surface area contributed by atoms with E-state index in [0.29, 0.717) is 23.1 Å². The normalized spacial score (nSPS) is 22.6. The third-order valence-electron chi connectivity index (χ3n) is 5.62. The second kappa shape index (κ2) is 9.04. The Labute approximate surface area is 157 Å². The van der Waals surface area contributed by atoms with Crippen LogP contribution < -0.4 is 10.6 Å². The first-order valence-electron chi connectivity index (χ1n) is 9.62. The summed E-state index contributed by atoms with van der Waals surface area (Å²) in [5.41, 5.74) is 0.859. The van der Waals surface area contributed by atoms with Gasteiger partial charge >= 0.3 is 0 Å². The molecule has 1 aromatic heterocycles. The number of aromatic nitrogens is 2. The van der Waals surface area contributed by atoms with Crippen LogP contribution in [0.25, 0.3) is 0 Å². The first-order valence-corrected chi connectivity index (χ1v) is 9.62. The summed E-state index contributed by atoms with van der Waals surface area (Å²) in [5.74, 6) is 0.658. The summed E-state index contributed by atoms with van der Waals surface area (Å²) >= 11 is 0. The summed E-state index contributed by atoms with van der Waals surface area (Å²) < 4.78 is 1.96. The Balaban J connectivity index is 0.00000225. The van der Waals surface area contributed by atoms with E-state index in [1.54, 1.807) is 0 Å². The van der Waals surface area contributed by atoms with Crippen LogP contribution in [0.15, 0.2) is 12.3 Å². The minimum Gasteiger partial charge on any atom is -0.350 e. The van der Waals surface area contributed by atoms with Crippen LogP contribution in [-0.4, -0.2) is 35.3 Å². The molecule has 0 bridgehead atoms. The fourth-order valence-corrected chi connectivity index (χ4v) is 4.52. The molecule has 25 heavy (non-hydrogen) atoms. The molecule has 1 unspecified atom stereocenters. The van der Waals surface area contributed by atoms with Crippen LogP contribution in [-0.2, 0) is 0 Å². The maximum absolute atomic E-state index is 12.5. The zero-order valence-corrected chi connectivity index (χ0v) is 16.4. The van der Waals surface area contributed by atoms with Gasteiger partial charge in [0.15, 0.2) is 0 Å². The maximum Gasteiger partial charge on any atom is 0.271 e. The first kappa shape index (κ1) is 20.2. The molecule has 2 heterocycles. The standard InChI is InChI=1S/C19H32N4O.ClH/c1-15(2)12-19(8-3-4-9-19)14-21-18(24)17-7-11-23(22-17)16-6-5-10-20-13-16;/h7,11,15-16,20H,3-6,8-10,12-14H2,1-2H3,(H,21,24);1H. The van der Waals surface area contributed by atoms with Gasteiger partial charge in [-0.25, -0.2) is 0 Å². The topological polar surface area (TPSA) is 59.0 Å². The van der Waals surface area contributed by atoms with Crippen LogP contribution >= 0.6 is 12.4 Å². The lowest BCUT2D eigenvalue weighted by molar-refractivity contribution is 0.0915. The first-order chi connectivity index (χ1) is 11.6. The summed E-state index contributed by atoms with van der Waals surface area (Å²) in [7, 11) is 0. The fraction of sp³-hybridized carbons (Fsp3) is 0.789. The van der Waals surface area contributed by atoms with E-state index in [4.69, 9.17) is 0 Å². The Kier molecular flexibility index (Phi) is 7.32. The van der Waals surface area contributed by atoms with Crippen LogP contribution in [0, 0.1) is 11.3 Å². The summed E-state index contributed by atoms with van der Waals surface area (Å²) in [5, 5.41) is 11.1. The van der Waals surface area contributed by atoms with Crippen molar-refractivity contribution in [3.8, 4) is 0 Å². The summed E-state index contributed by atoms with van der Waals surface area (Å²) in [6.07, 6.45) is 10.5. The lowest BCUT2D eigenvalue weighted by Gasteiger charge is -2.31. The summed E-state index contributed by atoms with van der Waals surface area (Å²) in [6.45, 7) is 7.38. The molecule has 1 saturated carbocycles. The van der Waals surface area contributed by atoms with Crippen molar-refractivity contribution in [2.45, 2.75) is 64.8 Å². The molecule has 2 N–H and O–H groups in total. The molecule has 3 rings (SSSR count). The largest absolute Gasteiger partial charge is 0.350 e. The predicted molar refractivity (Wildman–Crippen MR) is 103 cm³/mol. The number of hydrogen-bond acceptors (Lipinski definition) is 3. The predicted octanol–water partition coefficient (Wildman–Crippen LogP) is 3.57. The number of rotatable bonds is 6. The average Bonchev–Trinajstić information content (AvgIpc) is 3.23. The SMILES string of the molecule is CC(C)CC1(CNC(=O)c2ccn(C3CCCNC3)n2)CCCC1.Cl. The van der Waals surface area contributed by atoms with E-state index in [1.165, 1.54) is 38.5 Å². The van der Waals surface area contributed by atoms with Gasteiger partial charge in [0.1, 0.15) is 5.69 Å². The van der Waals surface area contributed by atoms with Crippen molar-refractivity contribution in [2.75, 3.05) is 19.6 Å². The number of piperidine rings is 1. The van der Waals surface area contributed by atoms with Gasteiger partial charge in [0, 0.05) is 19.3 Å². The Morgan fingerprint density at radius 1 is 1.40 bits per heavy atom. The molecule has 6 heteroatoms. The van der Waals surface area contributed by atoms with Crippen molar-refractivity contribution in [1.82, 2.24) is 20.4 Å². The number of nitrogens with zero attached hydrogens (tertiary/aromatic N) is 2. The van der Waals surface area contributed by atoms with Crippen molar-refractivity contribution in [1.29, 1.82) is 0 Å². The Bertz CT molecular complexity index is 545. The molecular weight excluding hydrogens is 336 g/mol. The molecule has 1 aromatic rings. The van der Waals surface area contributed by atoms with Crippen molar-refractivity contribution < 1.29 is 4.79 Å². The van der Waals surface area contributed by atoms with Gasteiger partial charge in [-0.05, 0) is 56.0 Å². The highest BCUT2D eigenvalue weighted by Crippen LogP contribution is 2.42. The molecule has 2 aliphatic rings.